The molecule has 10 atom stereocenters. The average molecular weight is 881 g/mol. The minimum Gasteiger partial charge on any atom is -0.406 e. The van der Waals surface area contributed by atoms with Crippen LogP contribution in [0.25, 0.3) is 22.3 Å². The molecule has 0 aromatic heterocycles. The van der Waals surface area contributed by atoms with Crippen molar-refractivity contribution < 1.29 is 17.9 Å². The highest BCUT2D eigenvalue weighted by atomic mass is 19.4. The van der Waals surface area contributed by atoms with Gasteiger partial charge in [0.05, 0.1) is 11.1 Å². The fourth-order valence-electron chi connectivity index (χ4n) is 18.9. The normalized spacial score (nSPS) is 35.2. The van der Waals surface area contributed by atoms with E-state index in [4.69, 9.17) is 4.74 Å². The van der Waals surface area contributed by atoms with Crippen molar-refractivity contribution >= 4 is 45.9 Å². The number of fused-ring (bicyclic) bond motifs is 6. The molecule has 10 unspecified atom stereocenters. The number of alkyl halides is 3. The highest BCUT2D eigenvalue weighted by Gasteiger charge is 2.84. The standard InChI is InChI=1S/C59H60BF3N2O/c1-53(2,3)37-21-44(35-13-9-7-10-14-35)50-46(23-37)64(55-27-33-17-39-19-41(31-55)57(39,55)29-33)48-25-43(66-59(61,62)63)26-49-52(48)60(50)51-45(36-15-11-8-12-16-36)22-38(54(4,5)6)24-47(51)65(49)56-28-34-18-40-20-42(32-56)58(40,56)30-34/h7-16,21-26,33-34,39-42H,17-20,27-32H2,1-6H3. The van der Waals surface area contributed by atoms with Gasteiger partial charge in [-0.2, -0.15) is 0 Å². The molecule has 8 saturated carbocycles. The van der Waals surface area contributed by atoms with Crippen LogP contribution in [0.3, 0.4) is 0 Å². The number of benzene rings is 5. The zero-order valence-corrected chi connectivity index (χ0v) is 39.3. The number of rotatable bonds is 5. The van der Waals surface area contributed by atoms with Gasteiger partial charge in [0.15, 0.2) is 0 Å². The monoisotopic (exact) mass is 880 g/mol. The molecule has 2 heterocycles. The summed E-state index contributed by atoms with van der Waals surface area (Å²) in [4.78, 5) is 5.48. The van der Waals surface area contributed by atoms with Crippen molar-refractivity contribution in [1.29, 1.82) is 0 Å². The first kappa shape index (κ1) is 39.4. The van der Waals surface area contributed by atoms with Gasteiger partial charge < -0.3 is 14.5 Å². The third-order valence-corrected chi connectivity index (χ3v) is 20.9. The van der Waals surface area contributed by atoms with Crippen LogP contribution in [0.2, 0.25) is 0 Å². The van der Waals surface area contributed by atoms with Gasteiger partial charge in [-0.3, -0.25) is 0 Å². The van der Waals surface area contributed by atoms with Crippen LogP contribution >= 0.6 is 0 Å². The van der Waals surface area contributed by atoms with Crippen molar-refractivity contribution in [3.63, 3.8) is 0 Å². The number of halogens is 3. The van der Waals surface area contributed by atoms with Crippen LogP contribution in [0, 0.1) is 46.3 Å². The van der Waals surface area contributed by atoms with Crippen molar-refractivity contribution in [1.82, 2.24) is 0 Å². The molecule has 5 aromatic rings. The van der Waals surface area contributed by atoms with E-state index in [1.54, 1.807) is 0 Å². The summed E-state index contributed by atoms with van der Waals surface area (Å²) in [5.74, 6) is 3.99. The van der Waals surface area contributed by atoms with Crippen LogP contribution in [-0.2, 0) is 10.8 Å². The molecule has 0 saturated heterocycles. The van der Waals surface area contributed by atoms with Crippen molar-refractivity contribution in [2.75, 3.05) is 9.80 Å². The smallest absolute Gasteiger partial charge is 0.406 e. The van der Waals surface area contributed by atoms with E-state index in [-0.39, 0.29) is 45.2 Å². The van der Waals surface area contributed by atoms with E-state index in [1.807, 2.05) is 12.1 Å². The van der Waals surface area contributed by atoms with E-state index in [0.29, 0.717) is 35.5 Å². The van der Waals surface area contributed by atoms with E-state index in [0.717, 1.165) is 37.1 Å². The molecule has 0 amide bonds. The lowest BCUT2D eigenvalue weighted by molar-refractivity contribution is -0.274. The Hall–Kier alpha value is -4.65. The first-order chi connectivity index (χ1) is 31.4. The van der Waals surface area contributed by atoms with E-state index in [2.05, 4.69) is 136 Å². The van der Waals surface area contributed by atoms with E-state index < -0.39 is 6.36 Å². The van der Waals surface area contributed by atoms with Crippen molar-refractivity contribution in [3.05, 3.63) is 108 Å². The van der Waals surface area contributed by atoms with Crippen LogP contribution < -0.4 is 30.9 Å². The summed E-state index contributed by atoms with van der Waals surface area (Å²) < 4.78 is 50.4. The minimum atomic E-state index is -4.83. The molecule has 15 rings (SSSR count). The molecule has 10 aliphatic rings. The van der Waals surface area contributed by atoms with Crippen LogP contribution in [-0.4, -0.2) is 24.2 Å². The molecule has 0 radical (unpaired) electrons. The maximum atomic E-state index is 15.0. The summed E-state index contributed by atoms with van der Waals surface area (Å²) >= 11 is 0. The van der Waals surface area contributed by atoms with E-state index in [9.17, 15) is 0 Å². The molecule has 8 fully saturated rings. The summed E-state index contributed by atoms with van der Waals surface area (Å²) in [5, 5.41) is 0. The molecule has 336 valence electrons. The Bertz CT molecular complexity index is 2780. The second-order valence-electron chi connectivity index (χ2n) is 25.5. The number of hydrogen-bond acceptors (Lipinski definition) is 3. The number of ether oxygens (including phenoxy) is 1. The highest BCUT2D eigenvalue weighted by molar-refractivity contribution is 7.01. The van der Waals surface area contributed by atoms with Crippen molar-refractivity contribution in [2.24, 2.45) is 46.3 Å². The van der Waals surface area contributed by atoms with Gasteiger partial charge in [0.2, 0.25) is 0 Å². The Morgan fingerprint density at radius 2 is 0.924 bits per heavy atom. The third-order valence-electron chi connectivity index (χ3n) is 20.9. The third kappa shape index (κ3) is 4.48. The molecule has 0 N–H and O–H groups in total. The van der Waals surface area contributed by atoms with E-state index in [1.165, 1.54) is 99.7 Å². The van der Waals surface area contributed by atoms with Gasteiger partial charge in [-0.25, -0.2) is 0 Å². The van der Waals surface area contributed by atoms with Gasteiger partial charge in [0, 0.05) is 34.9 Å². The van der Waals surface area contributed by atoms with Crippen molar-refractivity contribution in [2.45, 2.75) is 134 Å². The lowest BCUT2D eigenvalue weighted by atomic mass is 9.29. The molecule has 2 spiro atoms. The van der Waals surface area contributed by atoms with E-state index >= 15 is 13.2 Å². The van der Waals surface area contributed by atoms with Gasteiger partial charge in [0.1, 0.15) is 5.75 Å². The maximum Gasteiger partial charge on any atom is 0.573 e. The molecule has 7 heteroatoms. The first-order valence-electron chi connectivity index (χ1n) is 25.5. The van der Waals surface area contributed by atoms with Gasteiger partial charge in [-0.05, 0) is 183 Å². The second-order valence-corrected chi connectivity index (χ2v) is 25.5. The quantitative estimate of drug-likeness (QED) is 0.164. The lowest BCUT2D eigenvalue weighted by Crippen LogP contribution is -2.80. The average Bonchev–Trinajstić information content (AvgIpc) is 3.96. The van der Waals surface area contributed by atoms with Gasteiger partial charge >= 0.3 is 6.36 Å². The Morgan fingerprint density at radius 1 is 0.500 bits per heavy atom. The lowest BCUT2D eigenvalue weighted by Gasteiger charge is -2.77. The van der Waals surface area contributed by atoms with Crippen molar-refractivity contribution in [3.8, 4) is 28.0 Å². The summed E-state index contributed by atoms with van der Waals surface area (Å²) in [6.07, 6.45) is 7.31. The number of nitrogens with zero attached hydrogens (tertiary/aromatic N) is 2. The van der Waals surface area contributed by atoms with Crippen LogP contribution in [0.4, 0.5) is 35.9 Å². The maximum absolute atomic E-state index is 15.0. The zero-order valence-electron chi connectivity index (χ0n) is 39.3. The molecule has 8 aliphatic carbocycles. The SMILES string of the molecule is CC(C)(C)c1cc(-c2ccccc2)c2c(c1)N(C13CC4CC5CC(C1)C53C4)c1cc(OC(F)(F)F)cc3c1B2c1c(-c2ccccc2)cc(C(C)(C)C)cc1N3C12CC3CC4CC(C1)C42C3. The molecule has 3 nitrogen and oxygen atoms in total. The fourth-order valence-corrected chi connectivity index (χ4v) is 18.9. The molecular formula is C59H60BF3N2O. The summed E-state index contributed by atoms with van der Waals surface area (Å²) in [6, 6.07) is 35.8. The van der Waals surface area contributed by atoms with Crippen LogP contribution in [0.15, 0.2) is 97.1 Å². The summed E-state index contributed by atoms with van der Waals surface area (Å²) in [5.41, 5.74) is 15.3. The Kier molecular flexibility index (Phi) is 7.13. The molecule has 2 aliphatic heterocycles. The zero-order chi connectivity index (χ0) is 44.9. The van der Waals surface area contributed by atoms with Gasteiger partial charge in [-0.1, -0.05) is 114 Å². The minimum absolute atomic E-state index is 0.0707. The predicted octanol–water partition coefficient (Wildman–Crippen LogP) is 13.1. The molecule has 5 aromatic carbocycles. The first-order valence-corrected chi connectivity index (χ1v) is 25.5. The summed E-state index contributed by atoms with van der Waals surface area (Å²) in [7, 11) is 0. The van der Waals surface area contributed by atoms with Crippen LogP contribution in [0.5, 0.6) is 5.75 Å². The Balaban J connectivity index is 1.12. The topological polar surface area (TPSA) is 15.7 Å². The Morgan fingerprint density at radius 3 is 1.30 bits per heavy atom. The van der Waals surface area contributed by atoms with Gasteiger partial charge in [0.25, 0.3) is 6.71 Å². The number of hydrogen-bond donors (Lipinski definition) is 0. The van der Waals surface area contributed by atoms with Gasteiger partial charge in [-0.15, -0.1) is 13.2 Å². The van der Waals surface area contributed by atoms with Crippen LogP contribution in [0.1, 0.15) is 117 Å². The second kappa shape index (κ2) is 12.0. The Labute approximate surface area is 388 Å². The molecule has 66 heavy (non-hydrogen) atoms. The molecular weight excluding hydrogens is 820 g/mol. The largest absolute Gasteiger partial charge is 0.573 e. The number of anilines is 4. The fraction of sp³-hybridized carbons (Fsp3) is 0.492. The predicted molar refractivity (Wildman–Crippen MR) is 261 cm³/mol. The highest BCUT2D eigenvalue weighted by Crippen LogP contribution is 2.86. The summed E-state index contributed by atoms with van der Waals surface area (Å²) in [6.45, 7) is 13.7. The molecule has 4 bridgehead atoms.